The molecule has 13 nitrogen and oxygen atoms in total. The number of aliphatic carboxylic acids is 1. The van der Waals surface area contributed by atoms with Crippen LogP contribution in [-0.4, -0.2) is 72.7 Å². The zero-order valence-electron chi connectivity index (χ0n) is 21.4. The van der Waals surface area contributed by atoms with Crippen LogP contribution in [0.1, 0.15) is 18.4 Å². The fourth-order valence-corrected chi connectivity index (χ4v) is 3.93. The fourth-order valence-electron chi connectivity index (χ4n) is 3.93. The van der Waals surface area contributed by atoms with Gasteiger partial charge in [0.25, 0.3) is 0 Å². The zero-order chi connectivity index (χ0) is 30.0. The number of nitro groups is 1. The number of carboxylic acid groups (broad SMARTS) is 1. The summed E-state index contributed by atoms with van der Waals surface area (Å²) >= 11 is 0. The van der Waals surface area contributed by atoms with Crippen molar-refractivity contribution in [2.45, 2.75) is 50.2 Å². The molecule has 4 N–H and O–H groups in total. The third-order valence-corrected chi connectivity index (χ3v) is 5.86. The third kappa shape index (κ3) is 10.2. The van der Waals surface area contributed by atoms with Gasteiger partial charge in [-0.25, -0.2) is 4.79 Å². The second-order valence-corrected chi connectivity index (χ2v) is 8.99. The topological polar surface area (TPSA) is 182 Å². The number of aromatic nitrogens is 3. The summed E-state index contributed by atoms with van der Waals surface area (Å²) in [6, 6.07) is 17.2. The number of carboxylic acids is 1. The van der Waals surface area contributed by atoms with Crippen LogP contribution in [0.2, 0.25) is 0 Å². The first-order valence-electron chi connectivity index (χ1n) is 12.3. The number of anilines is 1. The van der Waals surface area contributed by atoms with Gasteiger partial charge in [-0.2, -0.15) is 17.9 Å². The van der Waals surface area contributed by atoms with Crippen molar-refractivity contribution in [1.29, 1.82) is 0 Å². The van der Waals surface area contributed by atoms with E-state index in [1.54, 1.807) is 0 Å². The Morgan fingerprint density at radius 1 is 1.17 bits per heavy atom. The van der Waals surface area contributed by atoms with Crippen molar-refractivity contribution >= 4 is 23.5 Å². The van der Waals surface area contributed by atoms with Crippen molar-refractivity contribution in [1.82, 2.24) is 20.1 Å². The molecule has 41 heavy (non-hydrogen) atoms. The van der Waals surface area contributed by atoms with E-state index in [0.29, 0.717) is 5.69 Å². The maximum Gasteiger partial charge on any atom is 0.490 e. The van der Waals surface area contributed by atoms with Gasteiger partial charge >= 0.3 is 18.1 Å². The Hall–Kier alpha value is -4.57. The van der Waals surface area contributed by atoms with Crippen LogP contribution in [0, 0.1) is 10.1 Å². The second kappa shape index (κ2) is 14.2. The molecule has 3 aromatic rings. The number of hydrogen-bond acceptors (Lipinski definition) is 9. The van der Waals surface area contributed by atoms with Crippen LogP contribution in [0.4, 0.5) is 24.8 Å². The summed E-state index contributed by atoms with van der Waals surface area (Å²) < 4.78 is 38.5. The number of rotatable bonds is 10. The highest BCUT2D eigenvalue weighted by molar-refractivity contribution is 5.90. The average Bonchev–Trinajstić information content (AvgIpc) is 3.59. The first-order valence-corrected chi connectivity index (χ1v) is 12.3. The summed E-state index contributed by atoms with van der Waals surface area (Å²) in [7, 11) is 0. The maximum atomic E-state index is 12.2. The number of nitrogens with zero attached hydrogens (tertiary/aromatic N) is 4. The number of carbonyl (C=O) groups is 2. The molecule has 0 aliphatic carbocycles. The lowest BCUT2D eigenvalue weighted by Crippen LogP contribution is -2.42. The number of halogens is 3. The summed E-state index contributed by atoms with van der Waals surface area (Å²) in [5.74, 6) is -2.92. The Morgan fingerprint density at radius 2 is 1.83 bits per heavy atom. The van der Waals surface area contributed by atoms with E-state index in [9.17, 15) is 33.2 Å². The molecule has 0 radical (unpaired) electrons. The van der Waals surface area contributed by atoms with E-state index in [-0.39, 0.29) is 31.1 Å². The van der Waals surface area contributed by atoms with E-state index in [4.69, 9.17) is 14.6 Å². The van der Waals surface area contributed by atoms with Crippen molar-refractivity contribution in [2.75, 3.05) is 11.9 Å². The number of hydrogen-bond donors (Lipinski definition) is 4. The van der Waals surface area contributed by atoms with E-state index < -0.39 is 29.1 Å². The van der Waals surface area contributed by atoms with Gasteiger partial charge in [0.15, 0.2) is 0 Å². The predicted molar refractivity (Wildman–Crippen MR) is 137 cm³/mol. The van der Waals surface area contributed by atoms with Gasteiger partial charge in [0.05, 0.1) is 0 Å². The first kappa shape index (κ1) is 31.0. The molecule has 4 rings (SSSR count). The van der Waals surface area contributed by atoms with Crippen molar-refractivity contribution in [3.8, 4) is 5.75 Å². The van der Waals surface area contributed by atoms with E-state index in [1.807, 2.05) is 54.6 Å². The molecule has 2 aromatic carbocycles. The van der Waals surface area contributed by atoms with Crippen LogP contribution in [-0.2, 0) is 22.6 Å². The monoisotopic (exact) mass is 580 g/mol. The van der Waals surface area contributed by atoms with Crippen molar-refractivity contribution in [3.63, 3.8) is 0 Å². The summed E-state index contributed by atoms with van der Waals surface area (Å²) in [5, 5.41) is 38.1. The highest BCUT2D eigenvalue weighted by Crippen LogP contribution is 2.21. The molecule has 2 heterocycles. The van der Waals surface area contributed by atoms with Crippen molar-refractivity contribution in [2.24, 2.45) is 0 Å². The van der Waals surface area contributed by atoms with Gasteiger partial charge in [0.2, 0.25) is 12.2 Å². The number of benzene rings is 2. The number of para-hydroxylation sites is 1. The Bertz CT molecular complexity index is 1310. The lowest BCUT2D eigenvalue weighted by atomic mass is 10.0. The number of ether oxygens (including phenoxy) is 1. The fraction of sp³-hybridized carbons (Fsp3) is 0.360. The van der Waals surface area contributed by atoms with Crippen LogP contribution in [0.3, 0.4) is 0 Å². The Morgan fingerprint density at radius 3 is 2.41 bits per heavy atom. The van der Waals surface area contributed by atoms with Gasteiger partial charge in [0, 0.05) is 22.9 Å². The summed E-state index contributed by atoms with van der Waals surface area (Å²) in [4.78, 5) is 34.5. The average molecular weight is 581 g/mol. The SMILES string of the molecule is O=C(Cn1cnc([N+](=O)[O-])n1)Nc1ccc(C[C@@H]2CC[C@H]([C@H](O)COc3ccccc3)N2)cc1.O=C(O)C(F)(F)F. The number of carbonyl (C=O) groups excluding carboxylic acids is 1. The molecule has 3 atom stereocenters. The molecule has 0 saturated carbocycles. The third-order valence-electron chi connectivity index (χ3n) is 5.86. The molecule has 16 heteroatoms. The molecule has 0 unspecified atom stereocenters. The van der Waals surface area contributed by atoms with Gasteiger partial charge in [-0.15, -0.1) is 0 Å². The number of aliphatic hydroxyl groups is 1. The smallest absolute Gasteiger partial charge is 0.490 e. The quantitative estimate of drug-likeness (QED) is 0.205. The molecule has 1 aliphatic rings. The summed E-state index contributed by atoms with van der Waals surface area (Å²) in [6.07, 6.45) is -1.89. The highest BCUT2D eigenvalue weighted by Gasteiger charge is 2.38. The normalized spacial score (nSPS) is 17.2. The van der Waals surface area contributed by atoms with Gasteiger partial charge in [-0.3, -0.25) is 4.79 Å². The van der Waals surface area contributed by atoms with E-state index >= 15 is 0 Å². The van der Waals surface area contributed by atoms with E-state index in [2.05, 4.69) is 20.7 Å². The predicted octanol–water partition coefficient (Wildman–Crippen LogP) is 2.56. The molecule has 1 amide bonds. The molecule has 220 valence electrons. The van der Waals surface area contributed by atoms with Gasteiger partial charge in [0.1, 0.15) is 25.0 Å². The van der Waals surface area contributed by atoms with E-state index in [1.165, 1.54) is 0 Å². The highest BCUT2D eigenvalue weighted by atomic mass is 19.4. The van der Waals surface area contributed by atoms with E-state index in [0.717, 1.165) is 41.6 Å². The molecule has 0 spiro atoms. The Labute approximate surface area is 231 Å². The van der Waals surface area contributed by atoms with Crippen LogP contribution in [0.5, 0.6) is 5.75 Å². The van der Waals surface area contributed by atoms with Crippen molar-refractivity contribution < 1.29 is 42.6 Å². The summed E-state index contributed by atoms with van der Waals surface area (Å²) in [5.41, 5.74) is 1.73. The molecule has 1 saturated heterocycles. The first-order chi connectivity index (χ1) is 19.4. The molecular formula is C25H27F3N6O7. The molecular weight excluding hydrogens is 553 g/mol. The van der Waals surface area contributed by atoms with Crippen LogP contribution < -0.4 is 15.4 Å². The zero-order valence-corrected chi connectivity index (χ0v) is 21.4. The van der Waals surface area contributed by atoms with Gasteiger partial charge < -0.3 is 35.7 Å². The van der Waals surface area contributed by atoms with Crippen LogP contribution in [0.25, 0.3) is 0 Å². The lowest BCUT2D eigenvalue weighted by molar-refractivity contribution is -0.394. The number of nitrogens with one attached hydrogen (secondary N) is 2. The number of aliphatic hydroxyl groups excluding tert-OH is 1. The molecule has 0 bridgehead atoms. The summed E-state index contributed by atoms with van der Waals surface area (Å²) in [6.45, 7) is 0.0665. The van der Waals surface area contributed by atoms with Crippen LogP contribution >= 0.6 is 0 Å². The lowest BCUT2D eigenvalue weighted by Gasteiger charge is -2.20. The largest absolute Gasteiger partial charge is 0.491 e. The molecule has 1 aliphatic heterocycles. The van der Waals surface area contributed by atoms with Crippen LogP contribution in [0.15, 0.2) is 60.9 Å². The Kier molecular flexibility index (Phi) is 10.7. The minimum Gasteiger partial charge on any atom is -0.491 e. The standard InChI is InChI=1S/C23H26N6O5.C2HF3O2/c30-21(14-34-19-4-2-1-3-5-19)20-11-10-18(25-20)12-16-6-8-17(9-7-16)26-22(31)13-28-15-24-23(27-28)29(32)33;3-2(4,5)1(6)7/h1-9,15,18,20-21,25,30H,10-14H2,(H,26,31);(H,6,7)/t18-,20+,21+;/m0./s1. The van der Waals surface area contributed by atoms with Crippen molar-refractivity contribution in [3.05, 3.63) is 76.6 Å². The second-order valence-electron chi connectivity index (χ2n) is 8.99. The number of amides is 1. The minimum atomic E-state index is -5.08. The minimum absolute atomic E-state index is 0.0140. The Balaban J connectivity index is 0.000000587. The molecule has 1 fully saturated rings. The van der Waals surface area contributed by atoms with Gasteiger partial charge in [-0.05, 0) is 54.0 Å². The maximum absolute atomic E-state index is 12.2. The van der Waals surface area contributed by atoms with Gasteiger partial charge in [-0.1, -0.05) is 35.3 Å². The number of alkyl halides is 3. The molecule has 1 aromatic heterocycles.